The van der Waals surface area contributed by atoms with Gasteiger partial charge in [-0.2, -0.15) is 0 Å². The van der Waals surface area contributed by atoms with E-state index in [1.54, 1.807) is 0 Å². The molecule has 1 heterocycles. The molecular formula is C58H34O2. The third-order valence-corrected chi connectivity index (χ3v) is 14.4. The molecule has 0 bridgehead atoms. The molecule has 1 unspecified atom stereocenters. The lowest BCUT2D eigenvalue weighted by atomic mass is 9.69. The maximum atomic E-state index is 15.3. The minimum absolute atomic E-state index is 0.0211. The van der Waals surface area contributed by atoms with Crippen LogP contribution in [-0.4, -0.2) is 5.78 Å². The number of fused-ring (bicyclic) bond motifs is 24. The molecular weight excluding hydrogens is 729 g/mol. The van der Waals surface area contributed by atoms with Crippen LogP contribution in [0, 0.1) is 6.92 Å². The molecule has 60 heavy (non-hydrogen) atoms. The first-order valence-corrected chi connectivity index (χ1v) is 20.9. The van der Waals surface area contributed by atoms with Gasteiger partial charge in [-0.25, -0.2) is 0 Å². The van der Waals surface area contributed by atoms with Gasteiger partial charge in [-0.1, -0.05) is 175 Å². The molecule has 1 aromatic heterocycles. The van der Waals surface area contributed by atoms with E-state index in [2.05, 4.69) is 177 Å². The lowest BCUT2D eigenvalue weighted by molar-refractivity contribution is 0.103. The van der Waals surface area contributed by atoms with Crippen LogP contribution in [0.3, 0.4) is 0 Å². The minimum Gasteiger partial charge on any atom is -0.455 e. The molecule has 0 saturated heterocycles. The SMILES string of the molecule is Cc1ccc2c(c1)C1(c3ccccc3-c3ccc(C(=O)c4ccc5c(c4)C4(c6ccccc6-c6ccccc64)c4ccccc4-5)cc31)c1ccc3c(oc4ccccc43)c1-2. The van der Waals surface area contributed by atoms with Gasteiger partial charge in [-0.3, -0.25) is 4.79 Å². The Morgan fingerprint density at radius 2 is 0.833 bits per heavy atom. The Labute approximate surface area is 347 Å². The average Bonchev–Trinajstić information content (AvgIpc) is 4.07. The van der Waals surface area contributed by atoms with Gasteiger partial charge in [0, 0.05) is 27.5 Å². The Kier molecular flexibility index (Phi) is 6.01. The molecule has 0 aliphatic heterocycles. The van der Waals surface area contributed by atoms with Crippen molar-refractivity contribution >= 4 is 27.7 Å². The smallest absolute Gasteiger partial charge is 0.193 e. The number of furan rings is 1. The summed E-state index contributed by atoms with van der Waals surface area (Å²) in [5.74, 6) is 0.0211. The standard InChI is InChI=1S/C58H34O2/c1-33-22-25-44-50(30-33)58(49-29-28-43-42-16-6-11-21-53(42)60-56(43)54(44)49)48-20-10-5-15-39(48)41-27-24-35(32-52(41)58)55(59)34-23-26-40-38-14-4-9-19-47(38)57(51(40)31-34)45-17-7-2-12-36(45)37-13-3-8-18-46(37)57/h2-32H,1H3. The number of aryl methyl sites for hydroxylation is 1. The fourth-order valence-corrected chi connectivity index (χ4v) is 12.1. The average molecular weight is 763 g/mol. The van der Waals surface area contributed by atoms with Gasteiger partial charge in [-0.05, 0) is 109 Å². The van der Waals surface area contributed by atoms with Crippen molar-refractivity contribution in [2.45, 2.75) is 17.8 Å². The van der Waals surface area contributed by atoms with Crippen LogP contribution < -0.4 is 0 Å². The van der Waals surface area contributed by atoms with Gasteiger partial charge < -0.3 is 4.42 Å². The van der Waals surface area contributed by atoms with Crippen LogP contribution in [-0.2, 0) is 10.8 Å². The molecule has 0 radical (unpaired) electrons. The number of benzene rings is 9. The van der Waals surface area contributed by atoms with Gasteiger partial charge >= 0.3 is 0 Å². The quantitative estimate of drug-likeness (QED) is 0.164. The van der Waals surface area contributed by atoms with Crippen molar-refractivity contribution in [3.05, 3.63) is 249 Å². The summed E-state index contributed by atoms with van der Waals surface area (Å²) in [6, 6.07) is 67.9. The van der Waals surface area contributed by atoms with Crippen molar-refractivity contribution in [3.8, 4) is 44.5 Å². The van der Waals surface area contributed by atoms with E-state index >= 15 is 4.79 Å². The highest BCUT2D eigenvalue weighted by Crippen LogP contribution is 2.65. The Bertz CT molecular complexity index is 3530. The van der Waals surface area contributed by atoms with E-state index in [0.717, 1.165) is 38.6 Å². The minimum atomic E-state index is -0.632. The summed E-state index contributed by atoms with van der Waals surface area (Å²) in [4.78, 5) is 15.3. The molecule has 4 aliphatic carbocycles. The highest BCUT2D eigenvalue weighted by atomic mass is 16.3. The molecule has 0 saturated carbocycles. The zero-order valence-corrected chi connectivity index (χ0v) is 32.7. The Hall–Kier alpha value is -7.55. The second-order valence-electron chi connectivity index (χ2n) is 17.0. The van der Waals surface area contributed by atoms with Crippen LogP contribution >= 0.6 is 0 Å². The highest BCUT2D eigenvalue weighted by molar-refractivity contribution is 6.14. The molecule has 2 spiro atoms. The third-order valence-electron chi connectivity index (χ3n) is 14.4. The normalized spacial score (nSPS) is 16.4. The van der Waals surface area contributed by atoms with Gasteiger partial charge in [-0.15, -0.1) is 0 Å². The lowest BCUT2D eigenvalue weighted by Gasteiger charge is -2.31. The van der Waals surface area contributed by atoms with E-state index in [1.165, 1.54) is 77.9 Å². The topological polar surface area (TPSA) is 30.2 Å². The van der Waals surface area contributed by atoms with Gasteiger partial charge in [0.05, 0.1) is 10.8 Å². The fraction of sp³-hybridized carbons (Fsp3) is 0.0517. The van der Waals surface area contributed by atoms with Gasteiger partial charge in [0.2, 0.25) is 0 Å². The van der Waals surface area contributed by atoms with Gasteiger partial charge in [0.1, 0.15) is 11.2 Å². The number of carbonyl (C=O) groups excluding carboxylic acids is 1. The Morgan fingerprint density at radius 1 is 0.383 bits per heavy atom. The first-order valence-electron chi connectivity index (χ1n) is 20.9. The zero-order chi connectivity index (χ0) is 39.5. The zero-order valence-electron chi connectivity index (χ0n) is 32.7. The van der Waals surface area contributed by atoms with Crippen LogP contribution in [0.4, 0.5) is 0 Å². The molecule has 4 aliphatic rings. The molecule has 278 valence electrons. The molecule has 1 atom stereocenters. The largest absolute Gasteiger partial charge is 0.455 e. The second-order valence-corrected chi connectivity index (χ2v) is 17.0. The molecule has 0 fully saturated rings. The predicted octanol–water partition coefficient (Wildman–Crippen LogP) is 13.8. The van der Waals surface area contributed by atoms with Gasteiger partial charge in [0.25, 0.3) is 0 Å². The Morgan fingerprint density at radius 3 is 1.40 bits per heavy atom. The maximum absolute atomic E-state index is 15.3. The molecule has 14 rings (SSSR count). The first kappa shape index (κ1) is 32.4. The molecule has 0 N–H and O–H groups in total. The van der Waals surface area contributed by atoms with Crippen molar-refractivity contribution in [1.29, 1.82) is 0 Å². The summed E-state index contributed by atoms with van der Waals surface area (Å²) in [5, 5.41) is 2.24. The van der Waals surface area contributed by atoms with Crippen molar-refractivity contribution in [3.63, 3.8) is 0 Å². The van der Waals surface area contributed by atoms with Crippen LogP contribution in [0.5, 0.6) is 0 Å². The highest BCUT2D eigenvalue weighted by Gasteiger charge is 2.54. The number of rotatable bonds is 2. The molecule has 2 nitrogen and oxygen atoms in total. The molecule has 0 amide bonds. The van der Waals surface area contributed by atoms with E-state index in [-0.39, 0.29) is 5.78 Å². The molecule has 2 heteroatoms. The molecule has 10 aromatic rings. The maximum Gasteiger partial charge on any atom is 0.193 e. The number of ketones is 1. The van der Waals surface area contributed by atoms with Crippen LogP contribution in [0.25, 0.3) is 66.4 Å². The summed E-state index contributed by atoms with van der Waals surface area (Å²) in [5.41, 5.74) is 22.6. The van der Waals surface area contributed by atoms with Crippen molar-refractivity contribution < 1.29 is 9.21 Å². The second kappa shape index (κ2) is 11.1. The number of hydrogen-bond acceptors (Lipinski definition) is 2. The van der Waals surface area contributed by atoms with Crippen LogP contribution in [0.2, 0.25) is 0 Å². The van der Waals surface area contributed by atoms with Crippen LogP contribution in [0.15, 0.2) is 192 Å². The van der Waals surface area contributed by atoms with Gasteiger partial charge in [0.15, 0.2) is 5.78 Å². The number of hydrogen-bond donors (Lipinski definition) is 0. The predicted molar refractivity (Wildman–Crippen MR) is 241 cm³/mol. The van der Waals surface area contributed by atoms with Crippen molar-refractivity contribution in [1.82, 2.24) is 0 Å². The number of carbonyl (C=O) groups is 1. The third kappa shape index (κ3) is 3.67. The summed E-state index contributed by atoms with van der Waals surface area (Å²) < 4.78 is 6.77. The summed E-state index contributed by atoms with van der Waals surface area (Å²) >= 11 is 0. The van der Waals surface area contributed by atoms with Crippen molar-refractivity contribution in [2.75, 3.05) is 0 Å². The van der Waals surface area contributed by atoms with Crippen molar-refractivity contribution in [2.24, 2.45) is 0 Å². The van der Waals surface area contributed by atoms with E-state index in [9.17, 15) is 0 Å². The van der Waals surface area contributed by atoms with Crippen LogP contribution in [0.1, 0.15) is 66.0 Å². The van der Waals surface area contributed by atoms with E-state index in [4.69, 9.17) is 4.42 Å². The lowest BCUT2D eigenvalue weighted by Crippen LogP contribution is -2.26. The molecule has 9 aromatic carbocycles. The summed E-state index contributed by atoms with van der Waals surface area (Å²) in [7, 11) is 0. The number of para-hydroxylation sites is 1. The Balaban J connectivity index is 0.998. The van der Waals surface area contributed by atoms with E-state index in [0.29, 0.717) is 11.1 Å². The fourth-order valence-electron chi connectivity index (χ4n) is 12.1. The van der Waals surface area contributed by atoms with E-state index in [1.807, 2.05) is 18.2 Å². The summed E-state index contributed by atoms with van der Waals surface area (Å²) in [6.45, 7) is 2.18. The summed E-state index contributed by atoms with van der Waals surface area (Å²) in [6.07, 6.45) is 0. The first-order chi connectivity index (χ1) is 29.6. The monoisotopic (exact) mass is 762 g/mol. The van der Waals surface area contributed by atoms with E-state index < -0.39 is 10.8 Å².